The largest absolute Gasteiger partial charge is 0.350 e. The second kappa shape index (κ2) is 7.20. The minimum atomic E-state index is -0.498. The van der Waals surface area contributed by atoms with E-state index >= 15 is 0 Å². The van der Waals surface area contributed by atoms with Gasteiger partial charge in [-0.1, -0.05) is 18.2 Å². The number of nitro benzene ring substituents is 1. The van der Waals surface area contributed by atoms with E-state index in [1.807, 2.05) is 55.5 Å². The van der Waals surface area contributed by atoms with E-state index in [0.717, 1.165) is 22.5 Å². The summed E-state index contributed by atoms with van der Waals surface area (Å²) < 4.78 is 2.06. The normalized spacial score (nSPS) is 10.8. The summed E-state index contributed by atoms with van der Waals surface area (Å²) in [6.07, 6.45) is 0. The molecule has 29 heavy (non-hydrogen) atoms. The van der Waals surface area contributed by atoms with Gasteiger partial charge in [-0.3, -0.25) is 19.5 Å². The fourth-order valence-electron chi connectivity index (χ4n) is 3.34. The first-order chi connectivity index (χ1) is 13.9. The molecule has 0 amide bonds. The Kier molecular flexibility index (Phi) is 4.56. The molecule has 0 spiro atoms. The Hall–Kier alpha value is -4.00. The maximum Gasteiger partial charge on any atom is 0.293 e. The fourth-order valence-corrected chi connectivity index (χ4v) is 3.34. The van der Waals surface area contributed by atoms with Gasteiger partial charge in [0, 0.05) is 23.0 Å². The van der Waals surface area contributed by atoms with E-state index in [4.69, 9.17) is 0 Å². The summed E-state index contributed by atoms with van der Waals surface area (Å²) in [5.41, 5.74) is 3.88. The number of aromatic nitrogens is 2. The summed E-state index contributed by atoms with van der Waals surface area (Å²) in [6.45, 7) is 3.32. The third kappa shape index (κ3) is 3.45. The number of hydrogen-bond acceptors (Lipinski definition) is 5. The lowest BCUT2D eigenvalue weighted by Crippen LogP contribution is -2.00. The Bertz CT molecular complexity index is 1250. The average molecular weight is 386 g/mol. The SMILES string of the molecule is CC(=O)c1ccc(Nc2ccc3c(c2)nc(C)n3-c2ccccc2)c([N+](=O)[O-])c1. The summed E-state index contributed by atoms with van der Waals surface area (Å²) >= 11 is 0. The van der Waals surface area contributed by atoms with Crippen LogP contribution in [0.3, 0.4) is 0 Å². The van der Waals surface area contributed by atoms with Crippen molar-refractivity contribution in [3.8, 4) is 5.69 Å². The molecular weight excluding hydrogens is 368 g/mol. The number of ketones is 1. The molecule has 0 saturated carbocycles. The minimum absolute atomic E-state index is 0.149. The van der Waals surface area contributed by atoms with E-state index in [-0.39, 0.29) is 11.5 Å². The molecule has 7 heteroatoms. The number of anilines is 2. The number of carbonyl (C=O) groups excluding carboxylic acids is 1. The number of nitrogens with zero attached hydrogens (tertiary/aromatic N) is 3. The summed E-state index contributed by atoms with van der Waals surface area (Å²) in [4.78, 5) is 27.1. The molecule has 4 rings (SSSR count). The maximum absolute atomic E-state index is 11.5. The highest BCUT2D eigenvalue weighted by Crippen LogP contribution is 2.31. The molecule has 4 aromatic rings. The second-order valence-corrected chi connectivity index (χ2v) is 6.70. The number of rotatable bonds is 5. The summed E-state index contributed by atoms with van der Waals surface area (Å²) in [5.74, 6) is 0.628. The van der Waals surface area contributed by atoms with Crippen LogP contribution in [0.5, 0.6) is 0 Å². The Morgan fingerprint density at radius 2 is 1.83 bits per heavy atom. The molecule has 1 heterocycles. The van der Waals surface area contributed by atoms with Crippen LogP contribution in [0.1, 0.15) is 23.1 Å². The lowest BCUT2D eigenvalue weighted by Gasteiger charge is -2.09. The number of fused-ring (bicyclic) bond motifs is 1. The molecule has 0 saturated heterocycles. The first-order valence-corrected chi connectivity index (χ1v) is 9.05. The van der Waals surface area contributed by atoms with Crippen molar-refractivity contribution in [2.75, 3.05) is 5.32 Å². The summed E-state index contributed by atoms with van der Waals surface area (Å²) in [6, 6.07) is 20.0. The van der Waals surface area contributed by atoms with Crippen LogP contribution < -0.4 is 5.32 Å². The topological polar surface area (TPSA) is 90.1 Å². The van der Waals surface area contributed by atoms with Crippen LogP contribution in [0.15, 0.2) is 66.7 Å². The van der Waals surface area contributed by atoms with Crippen molar-refractivity contribution in [3.05, 3.63) is 88.2 Å². The van der Waals surface area contributed by atoms with E-state index in [2.05, 4.69) is 14.9 Å². The zero-order valence-electron chi connectivity index (χ0n) is 15.9. The highest BCUT2D eigenvalue weighted by Gasteiger charge is 2.17. The average Bonchev–Trinajstić information content (AvgIpc) is 3.03. The zero-order valence-corrected chi connectivity index (χ0v) is 15.9. The zero-order chi connectivity index (χ0) is 20.5. The molecule has 0 aliphatic rings. The van der Waals surface area contributed by atoms with Gasteiger partial charge in [-0.25, -0.2) is 4.98 Å². The van der Waals surface area contributed by atoms with Crippen LogP contribution in [-0.4, -0.2) is 20.3 Å². The third-order valence-corrected chi connectivity index (χ3v) is 4.72. The molecule has 0 bridgehead atoms. The lowest BCUT2D eigenvalue weighted by molar-refractivity contribution is -0.383. The van der Waals surface area contributed by atoms with Crippen molar-refractivity contribution in [2.24, 2.45) is 0 Å². The number of aryl methyl sites for hydroxylation is 1. The molecule has 0 fully saturated rings. The molecule has 0 unspecified atom stereocenters. The molecule has 1 aromatic heterocycles. The van der Waals surface area contributed by atoms with Crippen molar-refractivity contribution in [1.82, 2.24) is 9.55 Å². The van der Waals surface area contributed by atoms with Gasteiger partial charge in [0.05, 0.1) is 16.0 Å². The van der Waals surface area contributed by atoms with Gasteiger partial charge in [-0.15, -0.1) is 0 Å². The number of para-hydroxylation sites is 1. The van der Waals surface area contributed by atoms with Gasteiger partial charge in [-0.2, -0.15) is 0 Å². The minimum Gasteiger partial charge on any atom is -0.350 e. The Morgan fingerprint density at radius 3 is 2.52 bits per heavy atom. The first-order valence-electron chi connectivity index (χ1n) is 9.05. The van der Waals surface area contributed by atoms with Crippen molar-refractivity contribution in [2.45, 2.75) is 13.8 Å². The molecule has 7 nitrogen and oxygen atoms in total. The van der Waals surface area contributed by atoms with Gasteiger partial charge < -0.3 is 5.32 Å². The van der Waals surface area contributed by atoms with Crippen LogP contribution in [0, 0.1) is 17.0 Å². The van der Waals surface area contributed by atoms with Gasteiger partial charge in [-0.05, 0) is 56.3 Å². The van der Waals surface area contributed by atoms with Gasteiger partial charge >= 0.3 is 0 Å². The molecule has 0 aliphatic carbocycles. The van der Waals surface area contributed by atoms with Crippen LogP contribution >= 0.6 is 0 Å². The van der Waals surface area contributed by atoms with Crippen LogP contribution in [-0.2, 0) is 0 Å². The monoisotopic (exact) mass is 386 g/mol. The number of carbonyl (C=O) groups is 1. The predicted octanol–water partition coefficient (Wildman–Crippen LogP) is 5.19. The second-order valence-electron chi connectivity index (χ2n) is 6.70. The van der Waals surface area contributed by atoms with Gasteiger partial charge in [0.1, 0.15) is 11.5 Å². The van der Waals surface area contributed by atoms with Gasteiger partial charge in [0.25, 0.3) is 5.69 Å². The van der Waals surface area contributed by atoms with Gasteiger partial charge in [0.15, 0.2) is 5.78 Å². The van der Waals surface area contributed by atoms with Crippen molar-refractivity contribution >= 4 is 33.9 Å². The van der Waals surface area contributed by atoms with E-state index in [1.165, 1.54) is 13.0 Å². The molecule has 0 aliphatic heterocycles. The Labute approximate surface area is 166 Å². The van der Waals surface area contributed by atoms with E-state index in [0.29, 0.717) is 16.9 Å². The smallest absolute Gasteiger partial charge is 0.293 e. The lowest BCUT2D eigenvalue weighted by atomic mass is 10.1. The highest BCUT2D eigenvalue weighted by molar-refractivity contribution is 5.96. The van der Waals surface area contributed by atoms with Gasteiger partial charge in [0.2, 0.25) is 0 Å². The molecule has 3 aromatic carbocycles. The summed E-state index contributed by atoms with van der Waals surface area (Å²) in [7, 11) is 0. The summed E-state index contributed by atoms with van der Waals surface area (Å²) in [5, 5.41) is 14.5. The standard InChI is InChI=1S/C22H18N4O3/c1-14(27)16-8-10-19(22(12-16)26(28)29)24-17-9-11-21-20(13-17)23-15(2)25(21)18-6-4-3-5-7-18/h3-13,24H,1-2H3. The van der Waals surface area contributed by atoms with Crippen LogP contribution in [0.2, 0.25) is 0 Å². The molecule has 1 N–H and O–H groups in total. The molecule has 0 atom stereocenters. The maximum atomic E-state index is 11.5. The predicted molar refractivity (Wildman–Crippen MR) is 112 cm³/mol. The Balaban J connectivity index is 1.73. The molecular formula is C22H18N4O3. The van der Waals surface area contributed by atoms with Crippen LogP contribution in [0.25, 0.3) is 16.7 Å². The number of hydrogen-bond donors (Lipinski definition) is 1. The number of benzene rings is 3. The number of imidazole rings is 1. The van der Waals surface area contributed by atoms with Crippen molar-refractivity contribution < 1.29 is 9.72 Å². The van der Waals surface area contributed by atoms with E-state index < -0.39 is 4.92 Å². The number of nitrogens with one attached hydrogen (secondary N) is 1. The number of nitro groups is 1. The molecule has 0 radical (unpaired) electrons. The fraction of sp³-hybridized carbons (Fsp3) is 0.0909. The quantitative estimate of drug-likeness (QED) is 0.290. The third-order valence-electron chi connectivity index (χ3n) is 4.72. The Morgan fingerprint density at radius 1 is 1.07 bits per heavy atom. The van der Waals surface area contributed by atoms with E-state index in [1.54, 1.807) is 12.1 Å². The highest BCUT2D eigenvalue weighted by atomic mass is 16.6. The van der Waals surface area contributed by atoms with Crippen molar-refractivity contribution in [3.63, 3.8) is 0 Å². The van der Waals surface area contributed by atoms with Crippen LogP contribution in [0.4, 0.5) is 17.1 Å². The molecule has 144 valence electrons. The van der Waals surface area contributed by atoms with Crippen molar-refractivity contribution in [1.29, 1.82) is 0 Å². The first kappa shape index (κ1) is 18.4. The van der Waals surface area contributed by atoms with E-state index in [9.17, 15) is 14.9 Å². The number of Topliss-reactive ketones (excluding diaryl/α,β-unsaturated/α-hetero) is 1.